The van der Waals surface area contributed by atoms with Crippen LogP contribution in [0.4, 0.5) is 5.69 Å². The van der Waals surface area contributed by atoms with Gasteiger partial charge in [-0.05, 0) is 18.4 Å². The Kier molecular flexibility index (Phi) is 5.14. The molecule has 0 atom stereocenters. The molecule has 88 valence electrons. The molecule has 0 fully saturated rings. The molecule has 1 aromatic rings. The van der Waals surface area contributed by atoms with Crippen LogP contribution in [0.25, 0.3) is 0 Å². The third kappa shape index (κ3) is 3.15. The van der Waals surface area contributed by atoms with E-state index < -0.39 is 0 Å². The van der Waals surface area contributed by atoms with Gasteiger partial charge in [0.1, 0.15) is 5.84 Å². The molecule has 1 rings (SSSR count). The Morgan fingerprint density at radius 2 is 2.31 bits per heavy atom. The lowest BCUT2D eigenvalue weighted by Gasteiger charge is -2.13. The maximum Gasteiger partial charge on any atom is 0.126 e. The molecule has 0 spiro atoms. The first-order valence-corrected chi connectivity index (χ1v) is 6.17. The zero-order chi connectivity index (χ0) is 12.0. The Balaban J connectivity index is 2.93. The summed E-state index contributed by atoms with van der Waals surface area (Å²) in [5.74, 6) is 0.0878. The Hall–Kier alpha value is -1.20. The summed E-state index contributed by atoms with van der Waals surface area (Å²) in [6.07, 6.45) is 1.97. The van der Waals surface area contributed by atoms with Crippen LogP contribution < -0.4 is 11.1 Å². The molecule has 16 heavy (non-hydrogen) atoms. The van der Waals surface area contributed by atoms with E-state index in [4.69, 9.17) is 15.9 Å². The van der Waals surface area contributed by atoms with Crippen molar-refractivity contribution in [3.05, 3.63) is 23.8 Å². The number of methoxy groups -OCH3 is 1. The van der Waals surface area contributed by atoms with Crippen LogP contribution in [0.5, 0.6) is 0 Å². The third-order valence-corrected chi connectivity index (χ3v) is 2.92. The van der Waals surface area contributed by atoms with Crippen LogP contribution in [-0.2, 0) is 4.74 Å². The average molecular weight is 239 g/mol. The van der Waals surface area contributed by atoms with Crippen molar-refractivity contribution in [3.63, 3.8) is 0 Å². The van der Waals surface area contributed by atoms with Gasteiger partial charge in [0.15, 0.2) is 0 Å². The van der Waals surface area contributed by atoms with Crippen molar-refractivity contribution in [2.24, 2.45) is 5.73 Å². The van der Waals surface area contributed by atoms with Gasteiger partial charge >= 0.3 is 0 Å². The first kappa shape index (κ1) is 12.9. The van der Waals surface area contributed by atoms with Crippen LogP contribution >= 0.6 is 11.8 Å². The van der Waals surface area contributed by atoms with Gasteiger partial charge in [0.25, 0.3) is 0 Å². The highest BCUT2D eigenvalue weighted by Gasteiger charge is 2.09. The molecular weight excluding hydrogens is 222 g/mol. The van der Waals surface area contributed by atoms with E-state index in [-0.39, 0.29) is 5.84 Å². The molecule has 0 saturated carbocycles. The highest BCUT2D eigenvalue weighted by atomic mass is 32.2. The molecule has 0 heterocycles. The van der Waals surface area contributed by atoms with Crippen molar-refractivity contribution in [3.8, 4) is 0 Å². The molecule has 0 saturated heterocycles. The van der Waals surface area contributed by atoms with Gasteiger partial charge in [0.2, 0.25) is 0 Å². The molecule has 4 N–H and O–H groups in total. The summed E-state index contributed by atoms with van der Waals surface area (Å²) in [5.41, 5.74) is 7.25. The van der Waals surface area contributed by atoms with Crippen molar-refractivity contribution in [2.45, 2.75) is 4.90 Å². The largest absolute Gasteiger partial charge is 0.384 e. The van der Waals surface area contributed by atoms with Gasteiger partial charge in [-0.15, -0.1) is 11.8 Å². The van der Waals surface area contributed by atoms with Crippen LogP contribution in [-0.4, -0.2) is 32.4 Å². The fraction of sp³-hybridized carbons (Fsp3) is 0.364. The van der Waals surface area contributed by atoms with E-state index in [9.17, 15) is 0 Å². The summed E-state index contributed by atoms with van der Waals surface area (Å²) >= 11 is 1.59. The van der Waals surface area contributed by atoms with Gasteiger partial charge < -0.3 is 15.8 Å². The predicted octanol–water partition coefficient (Wildman–Crippen LogP) is 1.75. The van der Waals surface area contributed by atoms with E-state index in [1.165, 1.54) is 0 Å². The maximum absolute atomic E-state index is 7.59. The molecule has 0 aromatic heterocycles. The number of amidine groups is 1. The number of benzene rings is 1. The SMILES string of the molecule is COCCNc1cccc(SC)c1C(=N)N. The van der Waals surface area contributed by atoms with E-state index in [0.29, 0.717) is 13.2 Å². The fourth-order valence-electron chi connectivity index (χ4n) is 1.41. The van der Waals surface area contributed by atoms with E-state index in [0.717, 1.165) is 16.1 Å². The normalized spacial score (nSPS) is 10.1. The summed E-state index contributed by atoms with van der Waals surface area (Å²) in [4.78, 5) is 1.01. The van der Waals surface area contributed by atoms with Crippen LogP contribution in [0.15, 0.2) is 23.1 Å². The number of nitrogen functional groups attached to an aromatic ring is 1. The van der Waals surface area contributed by atoms with Gasteiger partial charge in [-0.25, -0.2) is 0 Å². The van der Waals surface area contributed by atoms with Crippen molar-refractivity contribution in [1.82, 2.24) is 0 Å². The molecule has 0 radical (unpaired) electrons. The quantitative estimate of drug-likeness (QED) is 0.306. The van der Waals surface area contributed by atoms with Gasteiger partial charge in [-0.3, -0.25) is 5.41 Å². The van der Waals surface area contributed by atoms with Crippen LogP contribution in [0.3, 0.4) is 0 Å². The molecule has 1 aromatic carbocycles. The average Bonchev–Trinajstić information content (AvgIpc) is 2.28. The van der Waals surface area contributed by atoms with Gasteiger partial charge in [-0.1, -0.05) is 6.07 Å². The lowest BCUT2D eigenvalue weighted by atomic mass is 10.1. The first-order valence-electron chi connectivity index (χ1n) is 4.95. The molecule has 0 bridgehead atoms. The van der Waals surface area contributed by atoms with Crippen molar-refractivity contribution >= 4 is 23.3 Å². The highest BCUT2D eigenvalue weighted by Crippen LogP contribution is 2.26. The van der Waals surface area contributed by atoms with Crippen molar-refractivity contribution in [2.75, 3.05) is 31.8 Å². The van der Waals surface area contributed by atoms with Crippen LogP contribution in [0.1, 0.15) is 5.56 Å². The monoisotopic (exact) mass is 239 g/mol. The molecule has 5 heteroatoms. The summed E-state index contributed by atoms with van der Waals surface area (Å²) in [5, 5.41) is 10.8. The minimum atomic E-state index is 0.0878. The fourth-order valence-corrected chi connectivity index (χ4v) is 2.05. The molecule has 0 aliphatic rings. The number of rotatable bonds is 6. The number of nitrogens with one attached hydrogen (secondary N) is 2. The Labute approximate surface area is 100 Å². The number of nitrogens with two attached hydrogens (primary N) is 1. The van der Waals surface area contributed by atoms with E-state index >= 15 is 0 Å². The summed E-state index contributed by atoms with van der Waals surface area (Å²) in [6, 6.07) is 5.84. The van der Waals surface area contributed by atoms with Crippen LogP contribution in [0, 0.1) is 5.41 Å². The smallest absolute Gasteiger partial charge is 0.126 e. The number of ether oxygens (including phenoxy) is 1. The van der Waals surface area contributed by atoms with Crippen LogP contribution in [0.2, 0.25) is 0 Å². The number of hydrogen-bond acceptors (Lipinski definition) is 4. The summed E-state index contributed by atoms with van der Waals surface area (Å²) < 4.78 is 4.97. The van der Waals surface area contributed by atoms with E-state index in [1.54, 1.807) is 18.9 Å². The molecular formula is C11H17N3OS. The molecule has 0 aliphatic heterocycles. The molecule has 0 unspecified atom stereocenters. The highest BCUT2D eigenvalue weighted by molar-refractivity contribution is 7.98. The van der Waals surface area contributed by atoms with Gasteiger partial charge in [-0.2, -0.15) is 0 Å². The zero-order valence-electron chi connectivity index (χ0n) is 9.54. The Bertz CT molecular complexity index is 368. The molecule has 0 amide bonds. The third-order valence-electron chi connectivity index (χ3n) is 2.14. The minimum Gasteiger partial charge on any atom is -0.384 e. The minimum absolute atomic E-state index is 0.0878. The van der Waals surface area contributed by atoms with Crippen molar-refractivity contribution < 1.29 is 4.74 Å². The topological polar surface area (TPSA) is 71.1 Å². The van der Waals surface area contributed by atoms with E-state index in [1.807, 2.05) is 24.5 Å². The Morgan fingerprint density at radius 1 is 1.56 bits per heavy atom. The van der Waals surface area contributed by atoms with Gasteiger partial charge in [0.05, 0.1) is 12.2 Å². The second-order valence-corrected chi connectivity index (χ2v) is 4.06. The van der Waals surface area contributed by atoms with E-state index in [2.05, 4.69) is 5.32 Å². The first-order chi connectivity index (χ1) is 7.70. The maximum atomic E-state index is 7.59. The van der Waals surface area contributed by atoms with Crippen molar-refractivity contribution in [1.29, 1.82) is 5.41 Å². The lowest BCUT2D eigenvalue weighted by molar-refractivity contribution is 0.211. The summed E-state index contributed by atoms with van der Waals surface area (Å²) in [7, 11) is 1.66. The second kappa shape index (κ2) is 6.40. The molecule has 0 aliphatic carbocycles. The standard InChI is InChI=1S/C11H17N3OS/c1-15-7-6-14-8-4-3-5-9(16-2)10(8)11(12)13/h3-5,14H,6-7H2,1-2H3,(H3,12,13). The number of thioether (sulfide) groups is 1. The Morgan fingerprint density at radius 3 is 2.88 bits per heavy atom. The number of anilines is 1. The predicted molar refractivity (Wildman–Crippen MR) is 69.6 cm³/mol. The number of hydrogen-bond donors (Lipinski definition) is 3. The second-order valence-electron chi connectivity index (χ2n) is 3.22. The summed E-state index contributed by atoms with van der Waals surface area (Å²) in [6.45, 7) is 1.33. The lowest BCUT2D eigenvalue weighted by Crippen LogP contribution is -2.17. The van der Waals surface area contributed by atoms with Gasteiger partial charge in [0, 0.05) is 24.2 Å². The molecule has 4 nitrogen and oxygen atoms in total. The zero-order valence-corrected chi connectivity index (χ0v) is 10.4.